The third-order valence-electron chi connectivity index (χ3n) is 4.18. The van der Waals surface area contributed by atoms with Crippen molar-refractivity contribution in [3.8, 4) is 0 Å². The van der Waals surface area contributed by atoms with Gasteiger partial charge in [-0.25, -0.2) is 0 Å². The van der Waals surface area contributed by atoms with Gasteiger partial charge >= 0.3 is 0 Å². The third-order valence-corrected chi connectivity index (χ3v) is 5.23. The van der Waals surface area contributed by atoms with Crippen molar-refractivity contribution >= 4 is 11.8 Å². The number of hydrogen-bond acceptors (Lipinski definition) is 2. The Balaban J connectivity index is 1.55. The first-order valence-electron chi connectivity index (χ1n) is 8.18. The van der Waals surface area contributed by atoms with E-state index in [4.69, 9.17) is 4.74 Å². The standard InChI is InChI=1S/C18H28OS/c1-2-3-14-19-17-11-9-16(10-12-17)13-15-20-18-7-5-4-6-8-18/h4-8,16-17H,2-3,9-15H2,1H3. The van der Waals surface area contributed by atoms with E-state index in [-0.39, 0.29) is 0 Å². The molecule has 0 aliphatic heterocycles. The van der Waals surface area contributed by atoms with Crippen molar-refractivity contribution in [1.29, 1.82) is 0 Å². The smallest absolute Gasteiger partial charge is 0.0575 e. The van der Waals surface area contributed by atoms with Crippen LogP contribution in [0.15, 0.2) is 35.2 Å². The minimum atomic E-state index is 0.555. The average molecular weight is 292 g/mol. The van der Waals surface area contributed by atoms with Crippen LogP contribution in [0, 0.1) is 5.92 Å². The summed E-state index contributed by atoms with van der Waals surface area (Å²) >= 11 is 2.00. The summed E-state index contributed by atoms with van der Waals surface area (Å²) in [6.07, 6.45) is 9.67. The molecule has 0 N–H and O–H groups in total. The Morgan fingerprint density at radius 3 is 2.55 bits per heavy atom. The normalized spacial score (nSPS) is 22.9. The zero-order chi connectivity index (χ0) is 14.0. The van der Waals surface area contributed by atoms with Crippen LogP contribution in [0.5, 0.6) is 0 Å². The van der Waals surface area contributed by atoms with Crippen molar-refractivity contribution in [2.75, 3.05) is 12.4 Å². The van der Waals surface area contributed by atoms with Gasteiger partial charge in [-0.05, 0) is 62.3 Å². The molecular formula is C18H28OS. The summed E-state index contributed by atoms with van der Waals surface area (Å²) in [5, 5.41) is 0. The fraction of sp³-hybridized carbons (Fsp3) is 0.667. The van der Waals surface area contributed by atoms with Gasteiger partial charge < -0.3 is 4.74 Å². The van der Waals surface area contributed by atoms with Gasteiger partial charge in [0, 0.05) is 11.5 Å². The van der Waals surface area contributed by atoms with Gasteiger partial charge in [0.25, 0.3) is 0 Å². The van der Waals surface area contributed by atoms with Crippen molar-refractivity contribution in [2.45, 2.75) is 62.9 Å². The topological polar surface area (TPSA) is 9.23 Å². The molecule has 0 aromatic heterocycles. The maximum absolute atomic E-state index is 5.94. The second kappa shape index (κ2) is 9.46. The quantitative estimate of drug-likeness (QED) is 0.459. The molecule has 1 saturated carbocycles. The molecule has 1 nitrogen and oxygen atoms in total. The van der Waals surface area contributed by atoms with Crippen LogP contribution in [-0.2, 0) is 4.74 Å². The van der Waals surface area contributed by atoms with E-state index >= 15 is 0 Å². The Labute approximate surface area is 128 Å². The molecule has 1 aromatic rings. The Kier molecular flexibility index (Phi) is 7.53. The lowest BCUT2D eigenvalue weighted by Crippen LogP contribution is -2.22. The lowest BCUT2D eigenvalue weighted by molar-refractivity contribution is 0.0165. The van der Waals surface area contributed by atoms with E-state index in [1.54, 1.807) is 0 Å². The van der Waals surface area contributed by atoms with Gasteiger partial charge in [-0.1, -0.05) is 31.5 Å². The molecule has 0 bridgehead atoms. The van der Waals surface area contributed by atoms with Crippen LogP contribution in [0.25, 0.3) is 0 Å². The molecule has 1 aliphatic rings. The molecule has 2 heteroatoms. The molecule has 0 saturated heterocycles. The lowest BCUT2D eigenvalue weighted by Gasteiger charge is -2.28. The minimum Gasteiger partial charge on any atom is -0.378 e. The van der Waals surface area contributed by atoms with Crippen LogP contribution in [0.2, 0.25) is 0 Å². The zero-order valence-corrected chi connectivity index (χ0v) is 13.5. The summed E-state index contributed by atoms with van der Waals surface area (Å²) in [4.78, 5) is 1.41. The highest BCUT2D eigenvalue weighted by molar-refractivity contribution is 7.99. The molecule has 1 fully saturated rings. The van der Waals surface area contributed by atoms with E-state index in [1.165, 1.54) is 55.6 Å². The van der Waals surface area contributed by atoms with Crippen LogP contribution >= 0.6 is 11.8 Å². The molecule has 1 aromatic carbocycles. The second-order valence-electron chi connectivity index (χ2n) is 5.82. The fourth-order valence-electron chi connectivity index (χ4n) is 2.84. The number of rotatable bonds is 8. The minimum absolute atomic E-state index is 0.555. The monoisotopic (exact) mass is 292 g/mol. The Bertz CT molecular complexity index is 344. The molecule has 112 valence electrons. The molecule has 20 heavy (non-hydrogen) atoms. The molecule has 0 amide bonds. The fourth-order valence-corrected chi connectivity index (χ4v) is 3.88. The highest BCUT2D eigenvalue weighted by Gasteiger charge is 2.21. The van der Waals surface area contributed by atoms with Gasteiger partial charge in [0.1, 0.15) is 0 Å². The largest absolute Gasteiger partial charge is 0.378 e. The van der Waals surface area contributed by atoms with E-state index in [0.29, 0.717) is 6.10 Å². The Hall–Kier alpha value is -0.470. The van der Waals surface area contributed by atoms with Crippen molar-refractivity contribution in [3.63, 3.8) is 0 Å². The zero-order valence-electron chi connectivity index (χ0n) is 12.7. The number of benzene rings is 1. The maximum Gasteiger partial charge on any atom is 0.0575 e. The van der Waals surface area contributed by atoms with Gasteiger partial charge in [-0.15, -0.1) is 11.8 Å². The van der Waals surface area contributed by atoms with Crippen molar-refractivity contribution in [2.24, 2.45) is 5.92 Å². The Morgan fingerprint density at radius 1 is 1.10 bits per heavy atom. The van der Waals surface area contributed by atoms with Gasteiger partial charge in [-0.2, -0.15) is 0 Å². The summed E-state index contributed by atoms with van der Waals surface area (Å²) in [7, 11) is 0. The molecule has 0 atom stereocenters. The van der Waals surface area contributed by atoms with Gasteiger partial charge in [0.15, 0.2) is 0 Å². The molecule has 0 heterocycles. The number of unbranched alkanes of at least 4 members (excludes halogenated alkanes) is 1. The molecule has 2 rings (SSSR count). The molecule has 0 radical (unpaired) electrons. The van der Waals surface area contributed by atoms with Crippen molar-refractivity contribution in [1.82, 2.24) is 0 Å². The van der Waals surface area contributed by atoms with Crippen molar-refractivity contribution < 1.29 is 4.74 Å². The first kappa shape index (κ1) is 15.9. The summed E-state index contributed by atoms with van der Waals surface area (Å²) < 4.78 is 5.94. The lowest BCUT2D eigenvalue weighted by atomic mass is 9.86. The van der Waals surface area contributed by atoms with Crippen LogP contribution < -0.4 is 0 Å². The van der Waals surface area contributed by atoms with Gasteiger partial charge in [0.2, 0.25) is 0 Å². The number of hydrogen-bond donors (Lipinski definition) is 0. The maximum atomic E-state index is 5.94. The second-order valence-corrected chi connectivity index (χ2v) is 6.99. The molecule has 0 spiro atoms. The number of ether oxygens (including phenoxy) is 1. The van der Waals surface area contributed by atoms with Crippen molar-refractivity contribution in [3.05, 3.63) is 30.3 Å². The average Bonchev–Trinajstić information content (AvgIpc) is 2.50. The van der Waals surface area contributed by atoms with Crippen LogP contribution in [0.4, 0.5) is 0 Å². The van der Waals surface area contributed by atoms with E-state index < -0.39 is 0 Å². The third kappa shape index (κ3) is 5.88. The molecule has 0 unspecified atom stereocenters. The first-order chi connectivity index (χ1) is 9.88. The van der Waals surface area contributed by atoms with Crippen LogP contribution in [-0.4, -0.2) is 18.5 Å². The number of thioether (sulfide) groups is 1. The van der Waals surface area contributed by atoms with E-state index in [0.717, 1.165) is 12.5 Å². The Morgan fingerprint density at radius 2 is 1.85 bits per heavy atom. The predicted octanol–water partition coefficient (Wildman–Crippen LogP) is 5.54. The summed E-state index contributed by atoms with van der Waals surface area (Å²) in [5.41, 5.74) is 0. The summed E-state index contributed by atoms with van der Waals surface area (Å²) in [6, 6.07) is 10.8. The van der Waals surface area contributed by atoms with Crippen LogP contribution in [0.1, 0.15) is 51.9 Å². The van der Waals surface area contributed by atoms with Gasteiger partial charge in [0.05, 0.1) is 6.10 Å². The predicted molar refractivity (Wildman–Crippen MR) is 88.4 cm³/mol. The van der Waals surface area contributed by atoms with E-state index in [1.807, 2.05) is 11.8 Å². The highest BCUT2D eigenvalue weighted by atomic mass is 32.2. The van der Waals surface area contributed by atoms with Gasteiger partial charge in [-0.3, -0.25) is 0 Å². The van der Waals surface area contributed by atoms with E-state index in [2.05, 4.69) is 37.3 Å². The highest BCUT2D eigenvalue weighted by Crippen LogP contribution is 2.30. The molecule has 1 aliphatic carbocycles. The molecular weight excluding hydrogens is 264 g/mol. The summed E-state index contributed by atoms with van der Waals surface area (Å²) in [5.74, 6) is 2.19. The first-order valence-corrected chi connectivity index (χ1v) is 9.16. The van der Waals surface area contributed by atoms with E-state index in [9.17, 15) is 0 Å². The van der Waals surface area contributed by atoms with Crippen LogP contribution in [0.3, 0.4) is 0 Å². The SMILES string of the molecule is CCCCOC1CCC(CCSc2ccccc2)CC1. The summed E-state index contributed by atoms with van der Waals surface area (Å²) in [6.45, 7) is 3.19.